The van der Waals surface area contributed by atoms with Crippen LogP contribution in [0.5, 0.6) is 5.88 Å². The second-order valence-corrected chi connectivity index (χ2v) is 6.72. The monoisotopic (exact) mass is 296 g/mol. The molecular weight excluding hydrogens is 276 g/mol. The van der Waals surface area contributed by atoms with Gasteiger partial charge in [-0.15, -0.1) is 0 Å². The van der Waals surface area contributed by atoms with Crippen molar-refractivity contribution in [1.29, 1.82) is 0 Å². The summed E-state index contributed by atoms with van der Waals surface area (Å²) in [5, 5.41) is 11.5. The fourth-order valence-corrected chi connectivity index (χ4v) is 3.98. The first-order valence-corrected chi connectivity index (χ1v) is 8.18. The van der Waals surface area contributed by atoms with E-state index in [9.17, 15) is 9.90 Å². The van der Waals surface area contributed by atoms with E-state index in [1.807, 2.05) is 6.07 Å². The molecule has 2 fully saturated rings. The molecule has 2 aromatic rings. The highest BCUT2D eigenvalue weighted by molar-refractivity contribution is 5.88. The Morgan fingerprint density at radius 1 is 1.23 bits per heavy atom. The number of aliphatic imine (C=N–C) groups is 1. The molecule has 4 nitrogen and oxygen atoms in total. The van der Waals surface area contributed by atoms with Gasteiger partial charge in [-0.2, -0.15) is 4.99 Å². The Morgan fingerprint density at radius 3 is 2.68 bits per heavy atom. The number of aromatic nitrogens is 1. The summed E-state index contributed by atoms with van der Waals surface area (Å²) in [4.78, 5) is 18.3. The standard InChI is InChI=1S/C18H20N2O2/c21-11-19-18(8-2-1-3-9-18)16-14-10-13(12-4-5-12)6-7-15(14)20-17(16)22/h6-7,10,12,20,22H,1-5,8-9H2. The molecule has 1 aromatic heterocycles. The topological polar surface area (TPSA) is 65.4 Å². The molecule has 22 heavy (non-hydrogen) atoms. The van der Waals surface area contributed by atoms with Gasteiger partial charge in [0.15, 0.2) is 5.88 Å². The van der Waals surface area contributed by atoms with Crippen LogP contribution in [0, 0.1) is 0 Å². The van der Waals surface area contributed by atoms with E-state index in [1.54, 1.807) is 6.08 Å². The number of isocyanates is 1. The van der Waals surface area contributed by atoms with Crippen LogP contribution in [-0.4, -0.2) is 16.2 Å². The number of fused-ring (bicyclic) bond motifs is 1. The summed E-state index contributed by atoms with van der Waals surface area (Å²) in [7, 11) is 0. The number of benzene rings is 1. The van der Waals surface area contributed by atoms with Crippen LogP contribution in [-0.2, 0) is 10.3 Å². The molecule has 1 aromatic carbocycles. The zero-order valence-corrected chi connectivity index (χ0v) is 12.6. The van der Waals surface area contributed by atoms with Gasteiger partial charge in [0, 0.05) is 16.5 Å². The van der Waals surface area contributed by atoms with Crippen molar-refractivity contribution in [3.63, 3.8) is 0 Å². The highest BCUT2D eigenvalue weighted by Crippen LogP contribution is 2.48. The predicted molar refractivity (Wildman–Crippen MR) is 84.8 cm³/mol. The van der Waals surface area contributed by atoms with Crippen LogP contribution in [0.1, 0.15) is 62.0 Å². The molecule has 2 saturated carbocycles. The van der Waals surface area contributed by atoms with E-state index in [0.29, 0.717) is 5.92 Å². The van der Waals surface area contributed by atoms with Gasteiger partial charge in [0.1, 0.15) is 5.54 Å². The van der Waals surface area contributed by atoms with Crippen LogP contribution in [0.4, 0.5) is 0 Å². The van der Waals surface area contributed by atoms with Crippen LogP contribution in [0.3, 0.4) is 0 Å². The first-order chi connectivity index (χ1) is 10.7. The van der Waals surface area contributed by atoms with Crippen molar-refractivity contribution in [2.24, 2.45) is 4.99 Å². The molecule has 0 radical (unpaired) electrons. The molecule has 2 aliphatic rings. The number of carbonyl (C=O) groups excluding carboxylic acids is 1. The maximum atomic E-state index is 11.0. The van der Waals surface area contributed by atoms with Crippen molar-refractivity contribution in [3.05, 3.63) is 29.3 Å². The van der Waals surface area contributed by atoms with Gasteiger partial charge in [0.05, 0.1) is 0 Å². The number of nitrogens with zero attached hydrogens (tertiary/aromatic N) is 1. The maximum absolute atomic E-state index is 11.0. The molecule has 0 aliphatic heterocycles. The molecule has 4 heteroatoms. The molecule has 0 bridgehead atoms. The second kappa shape index (κ2) is 4.99. The molecule has 1 heterocycles. The Hall–Kier alpha value is -2.06. The van der Waals surface area contributed by atoms with Crippen LogP contribution in [0.2, 0.25) is 0 Å². The first kappa shape index (κ1) is 13.6. The molecule has 0 atom stereocenters. The molecular formula is C18H20N2O2. The molecule has 2 N–H and O–H groups in total. The summed E-state index contributed by atoms with van der Waals surface area (Å²) >= 11 is 0. The zero-order valence-electron chi connectivity index (χ0n) is 12.6. The fraction of sp³-hybridized carbons (Fsp3) is 0.500. The third kappa shape index (κ3) is 2.06. The van der Waals surface area contributed by atoms with E-state index >= 15 is 0 Å². The Morgan fingerprint density at radius 2 is 2.00 bits per heavy atom. The van der Waals surface area contributed by atoms with Gasteiger partial charge in [-0.25, -0.2) is 4.79 Å². The Balaban J connectivity index is 1.93. The number of aromatic amines is 1. The number of hydrogen-bond acceptors (Lipinski definition) is 3. The summed E-state index contributed by atoms with van der Waals surface area (Å²) in [5.41, 5.74) is 2.44. The third-order valence-electron chi connectivity index (χ3n) is 5.26. The van der Waals surface area contributed by atoms with Gasteiger partial charge >= 0.3 is 0 Å². The van der Waals surface area contributed by atoms with E-state index in [2.05, 4.69) is 22.1 Å². The minimum Gasteiger partial charge on any atom is -0.494 e. The van der Waals surface area contributed by atoms with Crippen molar-refractivity contribution in [2.45, 2.75) is 56.4 Å². The number of nitrogens with one attached hydrogen (secondary N) is 1. The minimum atomic E-state index is -0.607. The lowest BCUT2D eigenvalue weighted by Crippen LogP contribution is -2.26. The van der Waals surface area contributed by atoms with Gasteiger partial charge in [-0.1, -0.05) is 25.3 Å². The summed E-state index contributed by atoms with van der Waals surface area (Å²) in [6, 6.07) is 6.35. The average molecular weight is 296 g/mol. The van der Waals surface area contributed by atoms with E-state index in [4.69, 9.17) is 0 Å². The summed E-state index contributed by atoms with van der Waals surface area (Å²) < 4.78 is 0. The predicted octanol–water partition coefficient (Wildman–Crippen LogP) is 4.25. The largest absolute Gasteiger partial charge is 0.494 e. The number of H-pyrrole nitrogens is 1. The summed E-state index contributed by atoms with van der Waals surface area (Å²) in [6.07, 6.45) is 9.07. The quantitative estimate of drug-likeness (QED) is 0.657. The van der Waals surface area contributed by atoms with Crippen molar-refractivity contribution < 1.29 is 9.90 Å². The lowest BCUT2D eigenvalue weighted by Gasteiger charge is -2.32. The third-order valence-corrected chi connectivity index (χ3v) is 5.26. The van der Waals surface area contributed by atoms with Crippen LogP contribution in [0.15, 0.2) is 23.2 Å². The first-order valence-electron chi connectivity index (χ1n) is 8.18. The Kier molecular flexibility index (Phi) is 3.08. The summed E-state index contributed by atoms with van der Waals surface area (Å²) in [6.45, 7) is 0. The van der Waals surface area contributed by atoms with Crippen molar-refractivity contribution in [1.82, 2.24) is 4.98 Å². The number of rotatable bonds is 3. The van der Waals surface area contributed by atoms with Gasteiger partial charge in [0.2, 0.25) is 6.08 Å². The molecule has 0 spiro atoms. The van der Waals surface area contributed by atoms with Gasteiger partial charge in [0.25, 0.3) is 0 Å². The van der Waals surface area contributed by atoms with Gasteiger partial charge in [-0.3, -0.25) is 0 Å². The van der Waals surface area contributed by atoms with Crippen molar-refractivity contribution in [2.75, 3.05) is 0 Å². The van der Waals surface area contributed by atoms with Crippen LogP contribution < -0.4 is 0 Å². The second-order valence-electron chi connectivity index (χ2n) is 6.72. The molecule has 0 saturated heterocycles. The molecule has 0 unspecified atom stereocenters. The number of hydrogen-bond donors (Lipinski definition) is 2. The lowest BCUT2D eigenvalue weighted by atomic mass is 9.76. The minimum absolute atomic E-state index is 0.156. The van der Waals surface area contributed by atoms with Gasteiger partial charge < -0.3 is 10.1 Å². The molecule has 0 amide bonds. The fourth-order valence-electron chi connectivity index (χ4n) is 3.98. The maximum Gasteiger partial charge on any atom is 0.235 e. The Bertz CT molecular complexity index is 761. The van der Waals surface area contributed by atoms with E-state index in [1.165, 1.54) is 18.4 Å². The summed E-state index contributed by atoms with van der Waals surface area (Å²) in [5.74, 6) is 0.815. The molecule has 2 aliphatic carbocycles. The van der Waals surface area contributed by atoms with Gasteiger partial charge in [-0.05, 0) is 49.3 Å². The van der Waals surface area contributed by atoms with Crippen molar-refractivity contribution >= 4 is 17.0 Å². The normalized spacial score (nSPS) is 20.7. The highest BCUT2D eigenvalue weighted by Gasteiger charge is 2.39. The average Bonchev–Trinajstić information content (AvgIpc) is 3.30. The Labute approximate surface area is 129 Å². The van der Waals surface area contributed by atoms with E-state index in [-0.39, 0.29) is 5.88 Å². The molecule has 114 valence electrons. The SMILES string of the molecule is O=C=NC1(c2c(O)[nH]c3ccc(C4CC4)cc23)CCCCC1. The molecule has 4 rings (SSSR count). The van der Waals surface area contributed by atoms with Crippen LogP contribution >= 0.6 is 0 Å². The van der Waals surface area contributed by atoms with E-state index in [0.717, 1.165) is 48.6 Å². The zero-order chi connectivity index (χ0) is 15.2. The highest BCUT2D eigenvalue weighted by atomic mass is 16.3. The van der Waals surface area contributed by atoms with Crippen molar-refractivity contribution in [3.8, 4) is 5.88 Å². The number of aromatic hydroxyl groups is 1. The van der Waals surface area contributed by atoms with E-state index < -0.39 is 5.54 Å². The van der Waals surface area contributed by atoms with Crippen LogP contribution in [0.25, 0.3) is 10.9 Å². The smallest absolute Gasteiger partial charge is 0.235 e. The lowest BCUT2D eigenvalue weighted by molar-refractivity contribution is 0.295.